The second-order valence-corrected chi connectivity index (χ2v) is 3.01. The van der Waals surface area contributed by atoms with Gasteiger partial charge in [0.25, 0.3) is 0 Å². The van der Waals surface area contributed by atoms with E-state index < -0.39 is 11.6 Å². The molecule has 72 valence electrons. The Morgan fingerprint density at radius 3 is 2.23 bits per heavy atom. The molecule has 1 aromatic carbocycles. The minimum absolute atomic E-state index is 0. The third-order valence-electron chi connectivity index (χ3n) is 1.30. The monoisotopic (exact) mass is 270 g/mol. The highest BCUT2D eigenvalue weighted by Gasteiger charge is 2.09. The number of hydrogen-bond acceptors (Lipinski definition) is 1. The molecule has 0 amide bonds. The van der Waals surface area contributed by atoms with Crippen LogP contribution in [-0.2, 0) is 0 Å². The van der Waals surface area contributed by atoms with Gasteiger partial charge in [0.15, 0.2) is 11.6 Å². The van der Waals surface area contributed by atoms with Crippen LogP contribution in [0.5, 0.6) is 0 Å². The predicted octanol–water partition coefficient (Wildman–Crippen LogP) is 2.43. The van der Waals surface area contributed by atoms with Crippen LogP contribution in [0, 0.1) is 17.0 Å². The van der Waals surface area contributed by atoms with Crippen molar-refractivity contribution < 1.29 is 8.78 Å². The van der Waals surface area contributed by atoms with E-state index in [1.54, 1.807) is 0 Å². The standard InChI is InChI=1S/C7H5BrF2N2.ClH/c8-4-2-6(10)5(9)1-3(4)7(11)12;/h1-2H,(H3,11,12);1H. The summed E-state index contributed by atoms with van der Waals surface area (Å²) in [5.41, 5.74) is 5.24. The number of nitrogens with two attached hydrogens (primary N) is 1. The van der Waals surface area contributed by atoms with Crippen LogP contribution in [0.4, 0.5) is 8.78 Å². The molecule has 0 atom stereocenters. The second kappa shape index (κ2) is 4.53. The van der Waals surface area contributed by atoms with E-state index in [0.717, 1.165) is 12.1 Å². The van der Waals surface area contributed by atoms with Crippen molar-refractivity contribution in [3.05, 3.63) is 33.8 Å². The fourth-order valence-electron chi connectivity index (χ4n) is 0.729. The molecule has 0 aromatic heterocycles. The molecule has 1 aromatic rings. The van der Waals surface area contributed by atoms with E-state index in [4.69, 9.17) is 11.1 Å². The fourth-order valence-corrected chi connectivity index (χ4v) is 1.26. The number of amidine groups is 1. The summed E-state index contributed by atoms with van der Waals surface area (Å²) in [6, 6.07) is 1.81. The molecule has 0 aliphatic rings. The van der Waals surface area contributed by atoms with Crippen molar-refractivity contribution in [1.29, 1.82) is 5.41 Å². The zero-order valence-corrected chi connectivity index (χ0v) is 8.68. The molecular weight excluding hydrogens is 265 g/mol. The molecule has 0 unspecified atom stereocenters. The molecule has 0 saturated heterocycles. The van der Waals surface area contributed by atoms with Crippen molar-refractivity contribution in [2.45, 2.75) is 0 Å². The molecule has 0 spiro atoms. The Bertz CT molecular complexity index is 344. The van der Waals surface area contributed by atoms with Crippen LogP contribution in [0.15, 0.2) is 16.6 Å². The van der Waals surface area contributed by atoms with Gasteiger partial charge in [0.1, 0.15) is 5.84 Å². The highest BCUT2D eigenvalue weighted by molar-refractivity contribution is 9.10. The maximum absolute atomic E-state index is 12.6. The number of halogens is 4. The van der Waals surface area contributed by atoms with Gasteiger partial charge in [-0.3, -0.25) is 5.41 Å². The smallest absolute Gasteiger partial charge is 0.159 e. The Labute approximate surface area is 88.2 Å². The van der Waals surface area contributed by atoms with Crippen LogP contribution in [-0.4, -0.2) is 5.84 Å². The van der Waals surface area contributed by atoms with Gasteiger partial charge >= 0.3 is 0 Å². The lowest BCUT2D eigenvalue weighted by Gasteiger charge is -2.02. The molecule has 0 fully saturated rings. The number of nitrogens with one attached hydrogen (secondary N) is 1. The van der Waals surface area contributed by atoms with Crippen molar-refractivity contribution in [2.75, 3.05) is 0 Å². The Hall–Kier alpha value is -0.680. The van der Waals surface area contributed by atoms with E-state index in [9.17, 15) is 8.78 Å². The molecule has 0 bridgehead atoms. The lowest BCUT2D eigenvalue weighted by molar-refractivity contribution is 0.507. The highest BCUT2D eigenvalue weighted by Crippen LogP contribution is 2.19. The van der Waals surface area contributed by atoms with Crippen molar-refractivity contribution in [2.24, 2.45) is 5.73 Å². The molecule has 1 rings (SSSR count). The lowest BCUT2D eigenvalue weighted by Crippen LogP contribution is -2.12. The van der Waals surface area contributed by atoms with Crippen LogP contribution >= 0.6 is 28.3 Å². The van der Waals surface area contributed by atoms with E-state index in [1.807, 2.05) is 0 Å². The van der Waals surface area contributed by atoms with Crippen molar-refractivity contribution in [1.82, 2.24) is 0 Å². The highest BCUT2D eigenvalue weighted by atomic mass is 79.9. The van der Waals surface area contributed by atoms with Gasteiger partial charge in [-0.1, -0.05) is 0 Å². The van der Waals surface area contributed by atoms with E-state index in [0.29, 0.717) is 0 Å². The maximum atomic E-state index is 12.6. The molecular formula is C7H6BrClF2N2. The van der Waals surface area contributed by atoms with Gasteiger partial charge in [-0.05, 0) is 28.1 Å². The maximum Gasteiger partial charge on any atom is 0.159 e. The zero-order valence-electron chi connectivity index (χ0n) is 6.27. The fraction of sp³-hybridized carbons (Fsp3) is 0. The number of rotatable bonds is 1. The Morgan fingerprint density at radius 2 is 1.77 bits per heavy atom. The third-order valence-corrected chi connectivity index (χ3v) is 1.96. The first-order chi connectivity index (χ1) is 5.52. The summed E-state index contributed by atoms with van der Waals surface area (Å²) in [6.45, 7) is 0. The summed E-state index contributed by atoms with van der Waals surface area (Å²) in [5, 5.41) is 7.00. The number of hydrogen-bond donors (Lipinski definition) is 2. The molecule has 3 N–H and O–H groups in total. The Morgan fingerprint density at radius 1 is 1.31 bits per heavy atom. The van der Waals surface area contributed by atoms with Crippen molar-refractivity contribution >= 4 is 34.2 Å². The Kier molecular flexibility index (Phi) is 4.29. The van der Waals surface area contributed by atoms with Crippen molar-refractivity contribution in [3.8, 4) is 0 Å². The average molecular weight is 271 g/mol. The third kappa shape index (κ3) is 2.63. The predicted molar refractivity (Wildman–Crippen MR) is 52.3 cm³/mol. The van der Waals surface area contributed by atoms with Gasteiger partial charge in [-0.15, -0.1) is 12.4 Å². The van der Waals surface area contributed by atoms with Crippen LogP contribution in [0.25, 0.3) is 0 Å². The van der Waals surface area contributed by atoms with E-state index in [1.165, 1.54) is 0 Å². The minimum atomic E-state index is -1.01. The lowest BCUT2D eigenvalue weighted by atomic mass is 10.2. The van der Waals surface area contributed by atoms with E-state index in [-0.39, 0.29) is 28.3 Å². The van der Waals surface area contributed by atoms with Gasteiger partial charge in [0.05, 0.1) is 0 Å². The van der Waals surface area contributed by atoms with E-state index in [2.05, 4.69) is 15.9 Å². The first kappa shape index (κ1) is 12.3. The van der Waals surface area contributed by atoms with Gasteiger partial charge < -0.3 is 5.73 Å². The van der Waals surface area contributed by atoms with Crippen LogP contribution in [0.2, 0.25) is 0 Å². The minimum Gasteiger partial charge on any atom is -0.384 e. The Balaban J connectivity index is 0.00000144. The summed E-state index contributed by atoms with van der Waals surface area (Å²) in [6.07, 6.45) is 0. The van der Waals surface area contributed by atoms with E-state index >= 15 is 0 Å². The molecule has 0 heterocycles. The summed E-state index contributed by atoms with van der Waals surface area (Å²) in [5.74, 6) is -2.28. The largest absolute Gasteiger partial charge is 0.384 e. The second-order valence-electron chi connectivity index (χ2n) is 2.16. The summed E-state index contributed by atoms with van der Waals surface area (Å²) in [7, 11) is 0. The van der Waals surface area contributed by atoms with Crippen LogP contribution in [0.3, 0.4) is 0 Å². The summed E-state index contributed by atoms with van der Waals surface area (Å²) >= 11 is 2.95. The molecule has 0 saturated carbocycles. The quantitative estimate of drug-likeness (QED) is 0.460. The van der Waals surface area contributed by atoms with Crippen LogP contribution < -0.4 is 5.73 Å². The van der Waals surface area contributed by atoms with Gasteiger partial charge in [-0.25, -0.2) is 8.78 Å². The first-order valence-corrected chi connectivity index (χ1v) is 3.80. The molecule has 6 heteroatoms. The molecule has 0 aliphatic carbocycles. The normalized spacial score (nSPS) is 9.15. The SMILES string of the molecule is Cl.N=C(N)c1cc(F)c(F)cc1Br. The van der Waals surface area contributed by atoms with Gasteiger partial charge in [0.2, 0.25) is 0 Å². The number of nitrogen functional groups attached to an aromatic ring is 1. The topological polar surface area (TPSA) is 49.9 Å². The molecule has 13 heavy (non-hydrogen) atoms. The van der Waals surface area contributed by atoms with Gasteiger partial charge in [-0.2, -0.15) is 0 Å². The zero-order chi connectivity index (χ0) is 9.30. The molecule has 0 aliphatic heterocycles. The van der Waals surface area contributed by atoms with Crippen LogP contribution in [0.1, 0.15) is 5.56 Å². The number of benzene rings is 1. The van der Waals surface area contributed by atoms with Crippen molar-refractivity contribution in [3.63, 3.8) is 0 Å². The van der Waals surface area contributed by atoms with Gasteiger partial charge in [0, 0.05) is 10.0 Å². The molecule has 2 nitrogen and oxygen atoms in total. The summed E-state index contributed by atoms with van der Waals surface area (Å²) < 4.78 is 25.4. The first-order valence-electron chi connectivity index (χ1n) is 3.01. The summed E-state index contributed by atoms with van der Waals surface area (Å²) in [4.78, 5) is 0. The average Bonchev–Trinajstić information content (AvgIpc) is 1.96. The molecule has 0 radical (unpaired) electrons.